The van der Waals surface area contributed by atoms with Crippen LogP contribution >= 0.6 is 22.6 Å². The van der Waals surface area contributed by atoms with Crippen molar-refractivity contribution in [1.82, 2.24) is 0 Å². The zero-order chi connectivity index (χ0) is 16.9. The van der Waals surface area contributed by atoms with E-state index in [4.69, 9.17) is 0 Å². The molecular weight excluding hydrogens is 423 g/mol. The van der Waals surface area contributed by atoms with Gasteiger partial charge in [-0.15, -0.1) is 0 Å². The fourth-order valence-corrected chi connectivity index (χ4v) is 7.06. The average Bonchev–Trinajstić information content (AvgIpc) is 2.61. The summed E-state index contributed by atoms with van der Waals surface area (Å²) in [5, 5.41) is 0. The highest BCUT2D eigenvalue weighted by Gasteiger charge is 2.30. The van der Waals surface area contributed by atoms with E-state index in [1.807, 2.05) is 0 Å². The van der Waals surface area contributed by atoms with Crippen LogP contribution < -0.4 is 0 Å². The molecule has 124 valence electrons. The van der Waals surface area contributed by atoms with Gasteiger partial charge in [-0.1, -0.05) is 49.4 Å². The van der Waals surface area contributed by atoms with Crippen LogP contribution in [0.4, 0.5) is 0 Å². The fraction of sp³-hybridized carbons (Fsp3) is 0.273. The highest BCUT2D eigenvalue weighted by Crippen LogP contribution is 2.33. The van der Waals surface area contributed by atoms with Crippen LogP contribution in [0.3, 0.4) is 0 Å². The van der Waals surface area contributed by atoms with Crippen LogP contribution in [0.2, 0.25) is 0 Å². The lowest BCUT2D eigenvalue weighted by Crippen LogP contribution is -2.14. The Morgan fingerprint density at radius 3 is 2.50 bits per heavy atom. The molecule has 0 radical (unpaired) electrons. The standard InChI is InChI=1S/C22H24IS/c1-3-18-14-17(2)22(21(23)15-18)24(20-12-8-5-9-13-20)16-19-10-6-4-7-11-19/h5-6,8-15H,3-4,7,16H2,1-2H3/q+1. The monoisotopic (exact) mass is 447 g/mol. The van der Waals surface area contributed by atoms with Gasteiger partial charge in [0.1, 0.15) is 5.75 Å². The highest BCUT2D eigenvalue weighted by molar-refractivity contribution is 14.1. The molecule has 0 fully saturated rings. The Hall–Kier alpha value is -1.000. The van der Waals surface area contributed by atoms with Crippen LogP contribution in [-0.2, 0) is 17.3 Å². The number of halogens is 1. The van der Waals surface area contributed by atoms with Crippen molar-refractivity contribution in [2.75, 3.05) is 5.75 Å². The van der Waals surface area contributed by atoms with E-state index in [1.54, 1.807) is 0 Å². The van der Waals surface area contributed by atoms with E-state index in [0.29, 0.717) is 0 Å². The molecule has 1 aliphatic rings. The van der Waals surface area contributed by atoms with Crippen LogP contribution in [0, 0.1) is 10.5 Å². The van der Waals surface area contributed by atoms with E-state index in [-0.39, 0.29) is 10.9 Å². The summed E-state index contributed by atoms with van der Waals surface area (Å²) in [6, 6.07) is 15.8. The molecule has 1 unspecified atom stereocenters. The van der Waals surface area contributed by atoms with Crippen molar-refractivity contribution in [3.63, 3.8) is 0 Å². The summed E-state index contributed by atoms with van der Waals surface area (Å²) in [5.74, 6) is 1.11. The van der Waals surface area contributed by atoms with Gasteiger partial charge in [0, 0.05) is 5.56 Å². The summed E-state index contributed by atoms with van der Waals surface area (Å²) in [5.41, 5.74) is 4.36. The first-order valence-corrected chi connectivity index (χ1v) is 11.1. The Morgan fingerprint density at radius 2 is 1.88 bits per heavy atom. The van der Waals surface area contributed by atoms with E-state index >= 15 is 0 Å². The molecular formula is C22H24IS+. The second-order valence-corrected chi connectivity index (χ2v) is 9.30. The highest BCUT2D eigenvalue weighted by atomic mass is 127. The van der Waals surface area contributed by atoms with Gasteiger partial charge in [0.15, 0.2) is 9.79 Å². The Morgan fingerprint density at radius 1 is 1.08 bits per heavy atom. The van der Waals surface area contributed by atoms with Gasteiger partial charge < -0.3 is 0 Å². The summed E-state index contributed by atoms with van der Waals surface area (Å²) in [4.78, 5) is 2.97. The molecule has 2 heteroatoms. The van der Waals surface area contributed by atoms with Gasteiger partial charge in [-0.05, 0) is 78.1 Å². The molecule has 0 amide bonds. The van der Waals surface area contributed by atoms with Gasteiger partial charge in [-0.2, -0.15) is 0 Å². The maximum absolute atomic E-state index is 2.54. The van der Waals surface area contributed by atoms with Gasteiger partial charge in [0.25, 0.3) is 0 Å². The van der Waals surface area contributed by atoms with Crippen LogP contribution in [0.1, 0.15) is 30.9 Å². The normalized spacial score (nSPS) is 15.2. The first-order valence-electron chi connectivity index (χ1n) is 8.59. The predicted octanol–water partition coefficient (Wildman–Crippen LogP) is 6.47. The Bertz CT molecular complexity index is 736. The van der Waals surface area contributed by atoms with Crippen LogP contribution in [0.25, 0.3) is 0 Å². The number of hydrogen-bond donors (Lipinski definition) is 0. The molecule has 24 heavy (non-hydrogen) atoms. The first kappa shape index (κ1) is 17.8. The van der Waals surface area contributed by atoms with Gasteiger partial charge >= 0.3 is 0 Å². The van der Waals surface area contributed by atoms with Crippen molar-refractivity contribution in [3.05, 3.63) is 81.0 Å². The molecule has 2 aromatic carbocycles. The first-order chi connectivity index (χ1) is 11.7. The molecule has 0 aromatic heterocycles. The van der Waals surface area contributed by atoms with Crippen LogP contribution in [-0.4, -0.2) is 5.75 Å². The summed E-state index contributed by atoms with van der Waals surface area (Å²) in [6.07, 6.45) is 10.5. The number of rotatable bonds is 5. The largest absolute Gasteiger partial charge is 0.177 e. The fourth-order valence-electron chi connectivity index (χ4n) is 3.12. The lowest BCUT2D eigenvalue weighted by atomic mass is 10.1. The number of hydrogen-bond acceptors (Lipinski definition) is 0. The minimum Gasteiger partial charge on any atom is -0.0838 e. The summed E-state index contributed by atoms with van der Waals surface area (Å²) >= 11 is 2.54. The minimum atomic E-state index is 0.0908. The van der Waals surface area contributed by atoms with Crippen molar-refractivity contribution in [1.29, 1.82) is 0 Å². The van der Waals surface area contributed by atoms with Crippen molar-refractivity contribution in [2.24, 2.45) is 0 Å². The molecule has 0 bridgehead atoms. The quantitative estimate of drug-likeness (QED) is 0.364. The predicted molar refractivity (Wildman–Crippen MR) is 115 cm³/mol. The molecule has 1 atom stereocenters. The minimum absolute atomic E-state index is 0.0908. The van der Waals surface area contributed by atoms with E-state index in [0.717, 1.165) is 12.2 Å². The summed E-state index contributed by atoms with van der Waals surface area (Å²) < 4.78 is 1.41. The molecule has 0 saturated heterocycles. The molecule has 2 aromatic rings. The second-order valence-electron chi connectivity index (χ2n) is 6.18. The number of benzene rings is 2. The summed E-state index contributed by atoms with van der Waals surface area (Å²) in [6.45, 7) is 4.52. The Balaban J connectivity index is 2.05. The van der Waals surface area contributed by atoms with Crippen molar-refractivity contribution in [2.45, 2.75) is 42.9 Å². The van der Waals surface area contributed by atoms with Gasteiger partial charge in [0.2, 0.25) is 0 Å². The maximum Gasteiger partial charge on any atom is 0.177 e. The molecule has 3 rings (SSSR count). The van der Waals surface area contributed by atoms with Crippen LogP contribution in [0.15, 0.2) is 76.1 Å². The third-order valence-corrected chi connectivity index (χ3v) is 8.07. The van der Waals surface area contributed by atoms with Crippen LogP contribution in [0.5, 0.6) is 0 Å². The topological polar surface area (TPSA) is 0 Å². The SMILES string of the molecule is CCc1cc(C)c([S+](CC2=CCCC=C2)c2ccccc2)c(I)c1. The molecule has 0 nitrogen and oxygen atoms in total. The van der Waals surface area contributed by atoms with E-state index in [1.165, 1.54) is 42.9 Å². The number of allylic oxidation sites excluding steroid dienone is 3. The Labute approximate surface area is 162 Å². The lowest BCUT2D eigenvalue weighted by molar-refractivity contribution is 1.02. The lowest BCUT2D eigenvalue weighted by Gasteiger charge is -2.15. The molecule has 0 spiro atoms. The zero-order valence-electron chi connectivity index (χ0n) is 14.4. The van der Waals surface area contributed by atoms with Crippen molar-refractivity contribution >= 4 is 33.5 Å². The third kappa shape index (κ3) is 4.15. The van der Waals surface area contributed by atoms with E-state index in [2.05, 4.69) is 97.1 Å². The smallest absolute Gasteiger partial charge is 0.0838 e. The second kappa shape index (κ2) is 8.39. The molecule has 0 aliphatic heterocycles. The molecule has 1 aliphatic carbocycles. The van der Waals surface area contributed by atoms with E-state index < -0.39 is 0 Å². The third-order valence-electron chi connectivity index (χ3n) is 4.35. The molecule has 0 N–H and O–H groups in total. The molecule has 0 heterocycles. The zero-order valence-corrected chi connectivity index (χ0v) is 17.4. The van der Waals surface area contributed by atoms with E-state index in [9.17, 15) is 0 Å². The maximum atomic E-state index is 2.54. The summed E-state index contributed by atoms with van der Waals surface area (Å²) in [7, 11) is 0.0908. The van der Waals surface area contributed by atoms with Gasteiger partial charge in [0.05, 0.1) is 14.5 Å². The number of aryl methyl sites for hydroxylation is 2. The Kier molecular flexibility index (Phi) is 6.23. The van der Waals surface area contributed by atoms with Gasteiger partial charge in [-0.3, -0.25) is 0 Å². The van der Waals surface area contributed by atoms with Crippen molar-refractivity contribution < 1.29 is 0 Å². The average molecular weight is 447 g/mol. The van der Waals surface area contributed by atoms with Crippen molar-refractivity contribution in [3.8, 4) is 0 Å². The van der Waals surface area contributed by atoms with Gasteiger partial charge in [-0.25, -0.2) is 0 Å². The molecule has 0 saturated carbocycles.